The lowest BCUT2D eigenvalue weighted by Crippen LogP contribution is -2.29. The maximum absolute atomic E-state index is 11.1. The highest BCUT2D eigenvalue weighted by molar-refractivity contribution is 5.81. The van der Waals surface area contributed by atoms with Gasteiger partial charge in [-0.3, -0.25) is 4.79 Å². The van der Waals surface area contributed by atoms with Gasteiger partial charge in [0.05, 0.1) is 6.54 Å². The van der Waals surface area contributed by atoms with Crippen LogP contribution in [0.2, 0.25) is 0 Å². The van der Waals surface area contributed by atoms with Gasteiger partial charge in [0, 0.05) is 6.54 Å². The Morgan fingerprint density at radius 2 is 2.38 bits per heavy atom. The smallest absolute Gasteiger partial charge is 0.369 e. The number of amides is 1. The number of pyridine rings is 1. The SMILES string of the molecule is CCNC(=O)CNc1cccnc1[N+](=O)[O-]. The number of anilines is 1. The largest absolute Gasteiger partial charge is 0.386 e. The van der Waals surface area contributed by atoms with E-state index in [4.69, 9.17) is 0 Å². The number of nitrogens with one attached hydrogen (secondary N) is 2. The fraction of sp³-hybridized carbons (Fsp3) is 0.333. The quantitative estimate of drug-likeness (QED) is 0.562. The maximum atomic E-state index is 11.1. The van der Waals surface area contributed by atoms with Crippen molar-refractivity contribution in [3.8, 4) is 0 Å². The Balaban J connectivity index is 2.66. The number of rotatable bonds is 5. The molecule has 0 aliphatic rings. The molecule has 1 aromatic rings. The summed E-state index contributed by atoms with van der Waals surface area (Å²) in [5, 5.41) is 15.8. The van der Waals surface area contributed by atoms with Gasteiger partial charge in [-0.1, -0.05) is 0 Å². The summed E-state index contributed by atoms with van der Waals surface area (Å²) >= 11 is 0. The van der Waals surface area contributed by atoms with Crippen LogP contribution in [-0.2, 0) is 4.79 Å². The predicted octanol–water partition coefficient (Wildman–Crippen LogP) is 0.538. The van der Waals surface area contributed by atoms with Crippen LogP contribution >= 0.6 is 0 Å². The minimum atomic E-state index is -0.597. The van der Waals surface area contributed by atoms with Crippen LogP contribution in [0.1, 0.15) is 6.92 Å². The summed E-state index contributed by atoms with van der Waals surface area (Å²) in [5.74, 6) is -0.507. The predicted molar refractivity (Wildman–Crippen MR) is 58.1 cm³/mol. The third kappa shape index (κ3) is 3.19. The van der Waals surface area contributed by atoms with E-state index in [1.165, 1.54) is 12.3 Å². The number of carbonyl (C=O) groups is 1. The first-order valence-corrected chi connectivity index (χ1v) is 4.75. The van der Waals surface area contributed by atoms with Crippen LogP contribution in [0.15, 0.2) is 18.3 Å². The van der Waals surface area contributed by atoms with E-state index >= 15 is 0 Å². The number of likely N-dealkylation sites (N-methyl/N-ethyl adjacent to an activating group) is 1. The molecule has 7 heteroatoms. The Morgan fingerprint density at radius 3 is 3.00 bits per heavy atom. The Bertz CT molecular complexity index is 394. The molecular formula is C9H12N4O3. The zero-order chi connectivity index (χ0) is 12.0. The van der Waals surface area contributed by atoms with E-state index in [0.717, 1.165) is 0 Å². The standard InChI is InChI=1S/C9H12N4O3/c1-2-10-8(14)6-12-7-4-3-5-11-9(7)13(15)16/h3-5,12H,2,6H2,1H3,(H,10,14). The van der Waals surface area contributed by atoms with Crippen molar-refractivity contribution >= 4 is 17.4 Å². The van der Waals surface area contributed by atoms with Crippen LogP contribution in [0.25, 0.3) is 0 Å². The molecule has 1 heterocycles. The Labute approximate surface area is 92.0 Å². The van der Waals surface area contributed by atoms with Crippen molar-refractivity contribution < 1.29 is 9.72 Å². The molecule has 0 saturated carbocycles. The summed E-state index contributed by atoms with van der Waals surface area (Å²) < 4.78 is 0. The van der Waals surface area contributed by atoms with Crippen molar-refractivity contribution in [2.24, 2.45) is 0 Å². The molecule has 16 heavy (non-hydrogen) atoms. The summed E-state index contributed by atoms with van der Waals surface area (Å²) in [6, 6.07) is 3.07. The van der Waals surface area contributed by atoms with E-state index in [-0.39, 0.29) is 24.0 Å². The summed E-state index contributed by atoms with van der Waals surface area (Å²) in [6.45, 7) is 2.31. The van der Waals surface area contributed by atoms with E-state index < -0.39 is 4.92 Å². The number of hydrogen-bond donors (Lipinski definition) is 2. The molecule has 1 amide bonds. The molecule has 0 atom stereocenters. The molecule has 0 unspecified atom stereocenters. The maximum Gasteiger partial charge on any atom is 0.386 e. The third-order valence-electron chi connectivity index (χ3n) is 1.77. The van der Waals surface area contributed by atoms with Crippen molar-refractivity contribution in [1.29, 1.82) is 0 Å². The van der Waals surface area contributed by atoms with Gasteiger partial charge in [0.2, 0.25) is 5.91 Å². The molecule has 0 spiro atoms. The Morgan fingerprint density at radius 1 is 1.62 bits per heavy atom. The molecule has 0 aliphatic heterocycles. The fourth-order valence-electron chi connectivity index (χ4n) is 1.12. The number of hydrogen-bond acceptors (Lipinski definition) is 5. The van der Waals surface area contributed by atoms with Gasteiger partial charge in [0.25, 0.3) is 0 Å². The van der Waals surface area contributed by atoms with Gasteiger partial charge in [-0.2, -0.15) is 0 Å². The Hall–Kier alpha value is -2.18. The van der Waals surface area contributed by atoms with Crippen molar-refractivity contribution in [2.75, 3.05) is 18.4 Å². The fourth-order valence-corrected chi connectivity index (χ4v) is 1.12. The minimum absolute atomic E-state index is 0.0135. The summed E-state index contributed by atoms with van der Waals surface area (Å²) in [7, 11) is 0. The van der Waals surface area contributed by atoms with Gasteiger partial charge in [-0.05, 0) is 29.0 Å². The molecule has 86 valence electrons. The monoisotopic (exact) mass is 224 g/mol. The number of carbonyl (C=O) groups excluding carboxylic acids is 1. The van der Waals surface area contributed by atoms with Crippen LogP contribution in [0, 0.1) is 10.1 Å². The average molecular weight is 224 g/mol. The molecule has 2 N–H and O–H groups in total. The number of nitrogens with zero attached hydrogens (tertiary/aromatic N) is 2. The lowest BCUT2D eigenvalue weighted by molar-refractivity contribution is -0.388. The molecule has 0 fully saturated rings. The molecule has 1 rings (SSSR count). The van der Waals surface area contributed by atoms with Gasteiger partial charge in [0.1, 0.15) is 11.9 Å². The van der Waals surface area contributed by atoms with Gasteiger partial charge < -0.3 is 20.7 Å². The average Bonchev–Trinajstić information content (AvgIpc) is 2.27. The van der Waals surface area contributed by atoms with Gasteiger partial charge >= 0.3 is 5.82 Å². The second-order valence-corrected chi connectivity index (χ2v) is 2.94. The summed E-state index contributed by atoms with van der Waals surface area (Å²) in [5.41, 5.74) is 0.235. The van der Waals surface area contributed by atoms with Crippen LogP contribution in [0.4, 0.5) is 11.5 Å². The lowest BCUT2D eigenvalue weighted by atomic mass is 10.4. The van der Waals surface area contributed by atoms with Crippen LogP contribution in [-0.4, -0.2) is 28.9 Å². The molecule has 7 nitrogen and oxygen atoms in total. The summed E-state index contributed by atoms with van der Waals surface area (Å²) in [4.78, 5) is 24.7. The van der Waals surface area contributed by atoms with Gasteiger partial charge in [-0.25, -0.2) is 0 Å². The third-order valence-corrected chi connectivity index (χ3v) is 1.77. The topological polar surface area (TPSA) is 97.2 Å². The highest BCUT2D eigenvalue weighted by atomic mass is 16.6. The first-order chi connectivity index (χ1) is 7.65. The second kappa shape index (κ2) is 5.64. The zero-order valence-corrected chi connectivity index (χ0v) is 8.77. The number of nitro groups is 1. The van der Waals surface area contributed by atoms with Crippen LogP contribution in [0.5, 0.6) is 0 Å². The second-order valence-electron chi connectivity index (χ2n) is 2.94. The zero-order valence-electron chi connectivity index (χ0n) is 8.77. The van der Waals surface area contributed by atoms with Crippen LogP contribution < -0.4 is 10.6 Å². The minimum Gasteiger partial charge on any atom is -0.369 e. The van der Waals surface area contributed by atoms with Crippen molar-refractivity contribution in [2.45, 2.75) is 6.92 Å². The molecule has 0 bridgehead atoms. The number of aromatic nitrogens is 1. The van der Waals surface area contributed by atoms with Crippen molar-refractivity contribution in [3.63, 3.8) is 0 Å². The Kier molecular flexibility index (Phi) is 4.19. The van der Waals surface area contributed by atoms with E-state index in [0.29, 0.717) is 6.54 Å². The van der Waals surface area contributed by atoms with E-state index in [2.05, 4.69) is 15.6 Å². The molecule has 0 saturated heterocycles. The van der Waals surface area contributed by atoms with E-state index in [9.17, 15) is 14.9 Å². The van der Waals surface area contributed by atoms with Gasteiger partial charge in [0.15, 0.2) is 0 Å². The molecule has 1 aromatic heterocycles. The molecule has 0 aliphatic carbocycles. The molecular weight excluding hydrogens is 212 g/mol. The normalized spacial score (nSPS) is 9.56. The molecule has 0 aromatic carbocycles. The lowest BCUT2D eigenvalue weighted by Gasteiger charge is -2.05. The van der Waals surface area contributed by atoms with Gasteiger partial charge in [-0.15, -0.1) is 0 Å². The first kappa shape index (κ1) is 11.9. The highest BCUT2D eigenvalue weighted by Crippen LogP contribution is 2.19. The summed E-state index contributed by atoms with van der Waals surface area (Å²) in [6.07, 6.45) is 1.33. The first-order valence-electron chi connectivity index (χ1n) is 4.75. The van der Waals surface area contributed by atoms with Crippen LogP contribution in [0.3, 0.4) is 0 Å². The molecule has 0 radical (unpaired) electrons. The van der Waals surface area contributed by atoms with Crippen molar-refractivity contribution in [3.05, 3.63) is 28.4 Å². The van der Waals surface area contributed by atoms with E-state index in [1.807, 2.05) is 0 Å². The highest BCUT2D eigenvalue weighted by Gasteiger charge is 2.14. The van der Waals surface area contributed by atoms with Crippen molar-refractivity contribution in [1.82, 2.24) is 10.3 Å². The van der Waals surface area contributed by atoms with E-state index in [1.54, 1.807) is 13.0 Å².